The lowest BCUT2D eigenvalue weighted by molar-refractivity contribution is 0.0948. The van der Waals surface area contributed by atoms with Crippen molar-refractivity contribution in [3.05, 3.63) is 10.6 Å². The fraction of sp³-hybridized carbons (Fsp3) is 0.750. The predicted molar refractivity (Wildman–Crippen MR) is 71.8 cm³/mol. The first-order valence-corrected chi connectivity index (χ1v) is 7.38. The lowest BCUT2D eigenvalue weighted by atomic mass is 10.00. The molecule has 1 amide bonds. The van der Waals surface area contributed by atoms with E-state index in [1.165, 1.54) is 24.4 Å². The monoisotopic (exact) mass is 268 g/mol. The number of aryl methyl sites for hydroxylation is 1. The zero-order chi connectivity index (χ0) is 12.8. The molecule has 2 rings (SSSR count). The molecule has 0 saturated carbocycles. The maximum atomic E-state index is 12.0. The highest BCUT2D eigenvalue weighted by atomic mass is 32.1. The second-order valence-electron chi connectivity index (χ2n) is 4.72. The van der Waals surface area contributed by atoms with Crippen LogP contribution in [0, 0.1) is 5.92 Å². The molecule has 1 fully saturated rings. The van der Waals surface area contributed by atoms with Crippen LogP contribution in [0.15, 0.2) is 0 Å². The van der Waals surface area contributed by atoms with E-state index in [9.17, 15) is 4.79 Å². The number of nitrogens with one attached hydrogen (secondary N) is 2. The van der Waals surface area contributed by atoms with E-state index in [0.717, 1.165) is 38.2 Å². The molecule has 1 unspecified atom stereocenters. The van der Waals surface area contributed by atoms with Gasteiger partial charge in [-0.2, -0.15) is 0 Å². The molecule has 1 saturated heterocycles. The van der Waals surface area contributed by atoms with Crippen molar-refractivity contribution in [2.24, 2.45) is 5.92 Å². The summed E-state index contributed by atoms with van der Waals surface area (Å²) in [5, 5.41) is 10.4. The predicted octanol–water partition coefficient (Wildman–Crippen LogP) is 1.22. The van der Waals surface area contributed by atoms with Crippen LogP contribution in [0.5, 0.6) is 0 Å². The molecule has 1 aromatic rings. The molecule has 1 atom stereocenters. The fourth-order valence-corrected chi connectivity index (χ4v) is 2.82. The molecule has 0 aromatic carbocycles. The van der Waals surface area contributed by atoms with E-state index in [0.29, 0.717) is 10.8 Å². The van der Waals surface area contributed by atoms with Crippen molar-refractivity contribution in [3.8, 4) is 0 Å². The Morgan fingerprint density at radius 1 is 1.61 bits per heavy atom. The summed E-state index contributed by atoms with van der Waals surface area (Å²) in [6, 6.07) is 0. The highest BCUT2D eigenvalue weighted by molar-refractivity contribution is 7.08. The van der Waals surface area contributed by atoms with Crippen molar-refractivity contribution in [3.63, 3.8) is 0 Å². The minimum atomic E-state index is -0.0148. The number of hydrogen-bond acceptors (Lipinski definition) is 5. The quantitative estimate of drug-likeness (QED) is 0.842. The van der Waals surface area contributed by atoms with E-state index >= 15 is 0 Å². The summed E-state index contributed by atoms with van der Waals surface area (Å²) in [4.78, 5) is 12.7. The summed E-state index contributed by atoms with van der Waals surface area (Å²) in [6.45, 7) is 4.93. The van der Waals surface area contributed by atoms with Crippen molar-refractivity contribution < 1.29 is 4.79 Å². The molecule has 2 heterocycles. The summed E-state index contributed by atoms with van der Waals surface area (Å²) in [6.07, 6.45) is 4.20. The van der Waals surface area contributed by atoms with E-state index in [1.54, 1.807) is 0 Å². The van der Waals surface area contributed by atoms with Gasteiger partial charge in [0.05, 0.1) is 5.69 Å². The average Bonchev–Trinajstić information content (AvgIpc) is 2.86. The molecule has 0 spiro atoms. The van der Waals surface area contributed by atoms with Crippen molar-refractivity contribution in [1.29, 1.82) is 0 Å². The first-order chi connectivity index (χ1) is 8.81. The van der Waals surface area contributed by atoms with Gasteiger partial charge in [-0.1, -0.05) is 17.8 Å². The molecule has 1 aliphatic rings. The van der Waals surface area contributed by atoms with E-state index in [2.05, 4.69) is 27.1 Å². The lowest BCUT2D eigenvalue weighted by Crippen LogP contribution is -2.38. The van der Waals surface area contributed by atoms with Crippen LogP contribution in [0.1, 0.15) is 41.6 Å². The Kier molecular flexibility index (Phi) is 5.07. The molecule has 0 bridgehead atoms. The zero-order valence-electron chi connectivity index (χ0n) is 10.7. The topological polar surface area (TPSA) is 66.9 Å². The van der Waals surface area contributed by atoms with E-state index in [-0.39, 0.29) is 5.91 Å². The van der Waals surface area contributed by atoms with Gasteiger partial charge in [0.2, 0.25) is 0 Å². The number of hydrogen-bond donors (Lipinski definition) is 2. The van der Waals surface area contributed by atoms with Gasteiger partial charge in [0.25, 0.3) is 5.91 Å². The van der Waals surface area contributed by atoms with Gasteiger partial charge in [0, 0.05) is 6.54 Å². The maximum absolute atomic E-state index is 12.0. The molecule has 6 heteroatoms. The average molecular weight is 268 g/mol. The Labute approximate surface area is 112 Å². The number of amides is 1. The minimum absolute atomic E-state index is 0.0148. The Balaban J connectivity index is 1.84. The SMILES string of the molecule is CCCc1nnsc1C(=O)NCC1CCCNC1. The van der Waals surface area contributed by atoms with Crippen LogP contribution in [0.25, 0.3) is 0 Å². The Bertz CT molecular complexity index is 387. The summed E-state index contributed by atoms with van der Waals surface area (Å²) < 4.78 is 3.88. The number of rotatable bonds is 5. The molecule has 2 N–H and O–H groups in total. The van der Waals surface area contributed by atoms with Crippen molar-refractivity contribution in [2.75, 3.05) is 19.6 Å². The third-order valence-corrected chi connectivity index (χ3v) is 3.97. The Hall–Kier alpha value is -1.01. The Morgan fingerprint density at radius 2 is 2.50 bits per heavy atom. The first kappa shape index (κ1) is 13.4. The van der Waals surface area contributed by atoms with Gasteiger partial charge >= 0.3 is 0 Å². The van der Waals surface area contributed by atoms with Gasteiger partial charge in [-0.05, 0) is 49.8 Å². The van der Waals surface area contributed by atoms with Crippen LogP contribution in [-0.2, 0) is 6.42 Å². The Morgan fingerprint density at radius 3 is 3.22 bits per heavy atom. The third kappa shape index (κ3) is 3.49. The molecule has 5 nitrogen and oxygen atoms in total. The molecule has 1 aromatic heterocycles. The summed E-state index contributed by atoms with van der Waals surface area (Å²) in [7, 11) is 0. The molecule has 18 heavy (non-hydrogen) atoms. The van der Waals surface area contributed by atoms with Crippen molar-refractivity contribution in [1.82, 2.24) is 20.2 Å². The van der Waals surface area contributed by atoms with Gasteiger partial charge in [-0.15, -0.1) is 5.10 Å². The van der Waals surface area contributed by atoms with Crippen LogP contribution in [0.3, 0.4) is 0 Å². The molecule has 1 aliphatic heterocycles. The number of nitrogens with zero attached hydrogens (tertiary/aromatic N) is 2. The van der Waals surface area contributed by atoms with E-state index in [1.807, 2.05) is 0 Å². The van der Waals surface area contributed by atoms with Gasteiger partial charge < -0.3 is 10.6 Å². The van der Waals surface area contributed by atoms with Gasteiger partial charge in [0.15, 0.2) is 0 Å². The smallest absolute Gasteiger partial charge is 0.264 e. The number of carbonyl (C=O) groups excluding carboxylic acids is 1. The second kappa shape index (κ2) is 6.80. The fourth-order valence-electron chi connectivity index (χ4n) is 2.20. The highest BCUT2D eigenvalue weighted by Crippen LogP contribution is 2.13. The highest BCUT2D eigenvalue weighted by Gasteiger charge is 2.18. The van der Waals surface area contributed by atoms with Crippen molar-refractivity contribution in [2.45, 2.75) is 32.6 Å². The molecular weight excluding hydrogens is 248 g/mol. The van der Waals surface area contributed by atoms with Crippen LogP contribution in [-0.4, -0.2) is 35.1 Å². The van der Waals surface area contributed by atoms with Crippen LogP contribution in [0.4, 0.5) is 0 Å². The summed E-state index contributed by atoms with van der Waals surface area (Å²) in [5.41, 5.74) is 0.835. The van der Waals surface area contributed by atoms with Crippen LogP contribution in [0.2, 0.25) is 0 Å². The van der Waals surface area contributed by atoms with Crippen molar-refractivity contribution >= 4 is 17.4 Å². The number of piperidine rings is 1. The standard InChI is InChI=1S/C12H20N4OS/c1-2-4-10-11(18-16-15-10)12(17)14-8-9-5-3-6-13-7-9/h9,13H,2-8H2,1H3,(H,14,17). The summed E-state index contributed by atoms with van der Waals surface area (Å²) >= 11 is 1.20. The minimum Gasteiger partial charge on any atom is -0.351 e. The number of aromatic nitrogens is 2. The van der Waals surface area contributed by atoms with Gasteiger partial charge in [-0.25, -0.2) is 0 Å². The zero-order valence-corrected chi connectivity index (χ0v) is 11.6. The molecule has 0 aliphatic carbocycles. The molecule has 0 radical (unpaired) electrons. The maximum Gasteiger partial charge on any atom is 0.264 e. The first-order valence-electron chi connectivity index (χ1n) is 6.61. The van der Waals surface area contributed by atoms with Gasteiger partial charge in [-0.3, -0.25) is 4.79 Å². The van der Waals surface area contributed by atoms with Gasteiger partial charge in [0.1, 0.15) is 4.88 Å². The number of carbonyl (C=O) groups is 1. The second-order valence-corrected chi connectivity index (χ2v) is 5.48. The molecule has 100 valence electrons. The summed E-state index contributed by atoms with van der Waals surface area (Å²) in [5.74, 6) is 0.539. The molecular formula is C12H20N4OS. The van der Waals surface area contributed by atoms with Crippen LogP contribution < -0.4 is 10.6 Å². The largest absolute Gasteiger partial charge is 0.351 e. The normalized spacial score (nSPS) is 19.7. The lowest BCUT2D eigenvalue weighted by Gasteiger charge is -2.22. The van der Waals surface area contributed by atoms with E-state index < -0.39 is 0 Å². The third-order valence-electron chi connectivity index (χ3n) is 3.20. The van der Waals surface area contributed by atoms with E-state index in [4.69, 9.17) is 0 Å². The van der Waals surface area contributed by atoms with Crippen LogP contribution >= 0.6 is 11.5 Å².